The van der Waals surface area contributed by atoms with Gasteiger partial charge in [-0.15, -0.1) is 0 Å². The Hall–Kier alpha value is -1.94. The lowest BCUT2D eigenvalue weighted by atomic mass is 10.1. The zero-order chi connectivity index (χ0) is 14.8. The van der Waals surface area contributed by atoms with Crippen LogP contribution in [0.4, 0.5) is 0 Å². The van der Waals surface area contributed by atoms with Gasteiger partial charge in [-0.2, -0.15) is 0 Å². The van der Waals surface area contributed by atoms with E-state index in [1.165, 1.54) is 24.0 Å². The lowest BCUT2D eigenvalue weighted by Gasteiger charge is -2.12. The summed E-state index contributed by atoms with van der Waals surface area (Å²) in [5.41, 5.74) is 9.38. The fourth-order valence-electron chi connectivity index (χ4n) is 2.67. The molecule has 0 saturated carbocycles. The van der Waals surface area contributed by atoms with E-state index >= 15 is 0 Å². The van der Waals surface area contributed by atoms with Crippen LogP contribution in [0.2, 0.25) is 0 Å². The molecule has 1 aromatic heterocycles. The molecule has 0 bridgehead atoms. The number of hydrogen-bond donors (Lipinski definition) is 1. The molecule has 3 rings (SSSR count). The van der Waals surface area contributed by atoms with Crippen LogP contribution < -0.4 is 10.5 Å². The highest BCUT2D eigenvalue weighted by atomic mass is 16.5. The zero-order valence-corrected chi connectivity index (χ0v) is 12.6. The van der Waals surface area contributed by atoms with Gasteiger partial charge in [-0.1, -0.05) is 19.9 Å². The molecule has 2 aromatic rings. The summed E-state index contributed by atoms with van der Waals surface area (Å²) < 4.78 is 5.96. The van der Waals surface area contributed by atoms with Crippen molar-refractivity contribution in [1.29, 1.82) is 0 Å². The Labute approximate surface area is 125 Å². The van der Waals surface area contributed by atoms with Gasteiger partial charge in [0.25, 0.3) is 0 Å². The van der Waals surface area contributed by atoms with Crippen molar-refractivity contribution in [3.05, 3.63) is 47.0 Å². The number of rotatable bonds is 4. The first kappa shape index (κ1) is 14.0. The van der Waals surface area contributed by atoms with Gasteiger partial charge in [-0.3, -0.25) is 0 Å². The Morgan fingerprint density at radius 2 is 2.05 bits per heavy atom. The maximum absolute atomic E-state index is 5.96. The molecule has 21 heavy (non-hydrogen) atoms. The van der Waals surface area contributed by atoms with Crippen molar-refractivity contribution in [3.63, 3.8) is 0 Å². The van der Waals surface area contributed by atoms with E-state index in [4.69, 9.17) is 10.5 Å². The lowest BCUT2D eigenvalue weighted by Crippen LogP contribution is -2.07. The molecule has 0 radical (unpaired) electrons. The molecule has 0 aliphatic heterocycles. The molecular weight excluding hydrogens is 262 g/mol. The molecule has 0 spiro atoms. The molecular formula is C17H21N3O. The van der Waals surface area contributed by atoms with Gasteiger partial charge in [-0.05, 0) is 42.5 Å². The van der Waals surface area contributed by atoms with Gasteiger partial charge in [0.2, 0.25) is 0 Å². The second-order valence-electron chi connectivity index (χ2n) is 5.78. The number of benzene rings is 1. The smallest absolute Gasteiger partial charge is 0.168 e. The molecule has 1 aliphatic carbocycles. The summed E-state index contributed by atoms with van der Waals surface area (Å²) in [6.45, 7) is 4.48. The maximum atomic E-state index is 5.96. The number of fused-ring (bicyclic) bond motifs is 1. The summed E-state index contributed by atoms with van der Waals surface area (Å²) >= 11 is 0. The minimum absolute atomic E-state index is 0.282. The third kappa shape index (κ3) is 2.90. The molecule has 110 valence electrons. The van der Waals surface area contributed by atoms with Crippen LogP contribution in [-0.2, 0) is 19.4 Å². The monoisotopic (exact) mass is 283 g/mol. The Balaban J connectivity index is 1.87. The van der Waals surface area contributed by atoms with Crippen molar-refractivity contribution in [2.45, 2.75) is 45.6 Å². The van der Waals surface area contributed by atoms with Crippen molar-refractivity contribution in [3.8, 4) is 11.5 Å². The van der Waals surface area contributed by atoms with Crippen LogP contribution in [0.25, 0.3) is 0 Å². The third-order valence-electron chi connectivity index (χ3n) is 3.86. The maximum Gasteiger partial charge on any atom is 0.168 e. The molecule has 1 aromatic carbocycles. The molecule has 4 nitrogen and oxygen atoms in total. The highest BCUT2D eigenvalue weighted by molar-refractivity contribution is 5.41. The molecule has 1 aliphatic rings. The first-order chi connectivity index (χ1) is 10.2. The fourth-order valence-corrected chi connectivity index (χ4v) is 2.67. The van der Waals surface area contributed by atoms with E-state index in [1.807, 2.05) is 6.07 Å². The van der Waals surface area contributed by atoms with E-state index in [9.17, 15) is 0 Å². The second kappa shape index (κ2) is 5.82. The second-order valence-corrected chi connectivity index (χ2v) is 5.78. The van der Waals surface area contributed by atoms with Gasteiger partial charge < -0.3 is 10.5 Å². The van der Waals surface area contributed by atoms with Crippen molar-refractivity contribution < 1.29 is 4.74 Å². The summed E-state index contributed by atoms with van der Waals surface area (Å²) in [5.74, 6) is 2.58. The van der Waals surface area contributed by atoms with Crippen molar-refractivity contribution in [1.82, 2.24) is 9.97 Å². The molecule has 0 saturated heterocycles. The summed E-state index contributed by atoms with van der Waals surface area (Å²) in [6, 6.07) is 6.29. The number of ether oxygens (including phenoxy) is 1. The van der Waals surface area contributed by atoms with Gasteiger partial charge in [-0.25, -0.2) is 9.97 Å². The van der Waals surface area contributed by atoms with Crippen LogP contribution in [-0.4, -0.2) is 9.97 Å². The topological polar surface area (TPSA) is 61.0 Å². The summed E-state index contributed by atoms with van der Waals surface area (Å²) in [5, 5.41) is 0. The van der Waals surface area contributed by atoms with E-state index in [1.54, 1.807) is 6.20 Å². The average molecular weight is 283 g/mol. The predicted octanol–water partition coefficient (Wildman–Crippen LogP) is 3.34. The first-order valence-corrected chi connectivity index (χ1v) is 7.53. The molecule has 0 fully saturated rings. The zero-order valence-electron chi connectivity index (χ0n) is 12.6. The Kier molecular flexibility index (Phi) is 3.88. The summed E-state index contributed by atoms with van der Waals surface area (Å²) in [4.78, 5) is 8.86. The fraction of sp³-hybridized carbons (Fsp3) is 0.412. The normalized spacial score (nSPS) is 13.5. The van der Waals surface area contributed by atoms with E-state index < -0.39 is 0 Å². The van der Waals surface area contributed by atoms with Gasteiger partial charge in [0.15, 0.2) is 5.75 Å². The van der Waals surface area contributed by atoms with Crippen molar-refractivity contribution in [2.75, 3.05) is 0 Å². The number of hydrogen-bond acceptors (Lipinski definition) is 4. The van der Waals surface area contributed by atoms with Gasteiger partial charge in [0.05, 0.1) is 6.20 Å². The SMILES string of the molecule is CC(C)c1ncc(Oc2ccc3c(c2)CCC3)c(CN)n1. The highest BCUT2D eigenvalue weighted by Crippen LogP contribution is 2.30. The van der Waals surface area contributed by atoms with Crippen LogP contribution in [0.3, 0.4) is 0 Å². The van der Waals surface area contributed by atoms with Gasteiger partial charge in [0, 0.05) is 12.5 Å². The largest absolute Gasteiger partial charge is 0.454 e. The van der Waals surface area contributed by atoms with Crippen LogP contribution in [0, 0.1) is 0 Å². The minimum Gasteiger partial charge on any atom is -0.454 e. The first-order valence-electron chi connectivity index (χ1n) is 7.53. The Morgan fingerprint density at radius 3 is 2.81 bits per heavy atom. The number of aromatic nitrogens is 2. The third-order valence-corrected chi connectivity index (χ3v) is 3.86. The Bertz CT molecular complexity index is 652. The predicted molar refractivity (Wildman–Crippen MR) is 82.6 cm³/mol. The van der Waals surface area contributed by atoms with Crippen LogP contribution in [0.15, 0.2) is 24.4 Å². The number of nitrogens with two attached hydrogens (primary N) is 1. The molecule has 0 atom stereocenters. The number of nitrogens with zero attached hydrogens (tertiary/aromatic N) is 2. The van der Waals surface area contributed by atoms with Gasteiger partial charge >= 0.3 is 0 Å². The molecule has 2 N–H and O–H groups in total. The Morgan fingerprint density at radius 1 is 1.24 bits per heavy atom. The van der Waals surface area contributed by atoms with Crippen LogP contribution >= 0.6 is 0 Å². The molecule has 0 amide bonds. The van der Waals surface area contributed by atoms with E-state index in [0.717, 1.165) is 23.7 Å². The standard InChI is InChI=1S/C17H21N3O/c1-11(2)17-19-10-16(15(9-18)20-17)21-14-7-6-12-4-3-5-13(12)8-14/h6-8,10-11H,3-5,9,18H2,1-2H3. The average Bonchev–Trinajstić information content (AvgIpc) is 2.95. The van der Waals surface area contributed by atoms with Crippen LogP contribution in [0.1, 0.15) is 48.8 Å². The lowest BCUT2D eigenvalue weighted by molar-refractivity contribution is 0.466. The minimum atomic E-state index is 0.282. The van der Waals surface area contributed by atoms with Gasteiger partial charge in [0.1, 0.15) is 17.3 Å². The van der Waals surface area contributed by atoms with Crippen LogP contribution in [0.5, 0.6) is 11.5 Å². The van der Waals surface area contributed by atoms with Crippen molar-refractivity contribution in [2.24, 2.45) is 5.73 Å². The number of aryl methyl sites for hydroxylation is 2. The highest BCUT2D eigenvalue weighted by Gasteiger charge is 2.14. The molecule has 4 heteroatoms. The van der Waals surface area contributed by atoms with E-state index in [0.29, 0.717) is 12.3 Å². The molecule has 0 unspecified atom stereocenters. The summed E-state index contributed by atoms with van der Waals surface area (Å²) in [7, 11) is 0. The van der Waals surface area contributed by atoms with Crippen molar-refractivity contribution >= 4 is 0 Å². The van der Waals surface area contributed by atoms with E-state index in [2.05, 4.69) is 35.9 Å². The van der Waals surface area contributed by atoms with E-state index in [-0.39, 0.29) is 5.92 Å². The summed E-state index contributed by atoms with van der Waals surface area (Å²) in [6.07, 6.45) is 5.28. The molecule has 1 heterocycles. The quantitative estimate of drug-likeness (QED) is 0.934.